The largest absolute Gasteiger partial charge is 0.324 e. The fourth-order valence-electron chi connectivity index (χ4n) is 3.02. The molecule has 2 aliphatic rings. The first-order valence-corrected chi connectivity index (χ1v) is 8.59. The van der Waals surface area contributed by atoms with Crippen LogP contribution in [0, 0.1) is 0 Å². The average molecular weight is 342 g/mol. The third kappa shape index (κ3) is 3.93. The van der Waals surface area contributed by atoms with Crippen LogP contribution in [-0.4, -0.2) is 54.5 Å². The number of piperazine rings is 1. The lowest BCUT2D eigenvalue weighted by Gasteiger charge is -2.42. The number of nitrogens with zero attached hydrogens (tertiary/aromatic N) is 2. The van der Waals surface area contributed by atoms with E-state index in [1.807, 2.05) is 0 Å². The van der Waals surface area contributed by atoms with E-state index in [4.69, 9.17) is 23.2 Å². The molecule has 1 saturated carbocycles. The highest BCUT2D eigenvalue weighted by Gasteiger charge is 2.28. The molecular formula is C16H21Cl2N3O. The zero-order valence-corrected chi connectivity index (χ0v) is 14.0. The molecule has 0 spiro atoms. The van der Waals surface area contributed by atoms with Gasteiger partial charge in [0.2, 0.25) is 5.91 Å². The summed E-state index contributed by atoms with van der Waals surface area (Å²) in [5.74, 6) is -0.0405. The molecule has 1 heterocycles. The van der Waals surface area contributed by atoms with Gasteiger partial charge in [0.1, 0.15) is 0 Å². The van der Waals surface area contributed by atoms with Gasteiger partial charge in [-0.3, -0.25) is 14.6 Å². The van der Waals surface area contributed by atoms with E-state index in [0.29, 0.717) is 22.3 Å². The summed E-state index contributed by atoms with van der Waals surface area (Å²) in [6.45, 7) is 4.44. The van der Waals surface area contributed by atoms with Crippen LogP contribution in [0.25, 0.3) is 0 Å². The fourth-order valence-corrected chi connectivity index (χ4v) is 3.36. The van der Waals surface area contributed by atoms with Gasteiger partial charge in [-0.1, -0.05) is 29.6 Å². The van der Waals surface area contributed by atoms with Gasteiger partial charge in [0, 0.05) is 37.2 Å². The first-order valence-electron chi connectivity index (χ1n) is 7.83. The highest BCUT2D eigenvalue weighted by atomic mass is 35.5. The van der Waals surface area contributed by atoms with Crippen LogP contribution in [-0.2, 0) is 4.79 Å². The van der Waals surface area contributed by atoms with E-state index in [9.17, 15) is 4.79 Å². The molecule has 0 bridgehead atoms. The zero-order chi connectivity index (χ0) is 15.5. The van der Waals surface area contributed by atoms with Crippen LogP contribution < -0.4 is 5.32 Å². The maximum absolute atomic E-state index is 12.2. The molecule has 3 rings (SSSR count). The number of hydrogen-bond acceptors (Lipinski definition) is 3. The van der Waals surface area contributed by atoms with Gasteiger partial charge in [0.15, 0.2) is 0 Å². The predicted octanol–water partition coefficient (Wildman–Crippen LogP) is 3.10. The number of halogens is 2. The van der Waals surface area contributed by atoms with Crippen LogP contribution >= 0.6 is 23.2 Å². The number of anilines is 1. The van der Waals surface area contributed by atoms with E-state index in [2.05, 4.69) is 15.1 Å². The van der Waals surface area contributed by atoms with Gasteiger partial charge in [-0.2, -0.15) is 0 Å². The summed E-state index contributed by atoms with van der Waals surface area (Å²) >= 11 is 12.0. The first-order chi connectivity index (χ1) is 10.6. The Hall–Kier alpha value is -0.810. The molecule has 120 valence electrons. The Balaban J connectivity index is 1.47. The Morgan fingerprint density at radius 1 is 1.18 bits per heavy atom. The Kier molecular flexibility index (Phi) is 5.24. The van der Waals surface area contributed by atoms with E-state index < -0.39 is 0 Å². The predicted molar refractivity (Wildman–Crippen MR) is 90.7 cm³/mol. The third-order valence-corrected chi connectivity index (χ3v) is 5.13. The Bertz CT molecular complexity index is 540. The topological polar surface area (TPSA) is 35.6 Å². The Labute approximate surface area is 141 Å². The summed E-state index contributed by atoms with van der Waals surface area (Å²) in [4.78, 5) is 16.9. The number of benzene rings is 1. The quantitative estimate of drug-likeness (QED) is 0.913. The lowest BCUT2D eigenvalue weighted by molar-refractivity contribution is -0.117. The van der Waals surface area contributed by atoms with Crippen LogP contribution in [0.4, 0.5) is 5.69 Å². The van der Waals surface area contributed by atoms with Crippen molar-refractivity contribution in [2.24, 2.45) is 0 Å². The van der Waals surface area contributed by atoms with Crippen LogP contribution in [0.5, 0.6) is 0 Å². The molecule has 1 saturated heterocycles. The van der Waals surface area contributed by atoms with Crippen molar-refractivity contribution in [3.8, 4) is 0 Å². The molecule has 0 aromatic heterocycles. The molecule has 0 unspecified atom stereocenters. The Morgan fingerprint density at radius 2 is 1.91 bits per heavy atom. The van der Waals surface area contributed by atoms with Crippen molar-refractivity contribution in [2.75, 3.05) is 38.0 Å². The molecule has 1 aliphatic carbocycles. The molecule has 22 heavy (non-hydrogen) atoms. The number of carbonyl (C=O) groups is 1. The molecular weight excluding hydrogens is 321 g/mol. The normalized spacial score (nSPS) is 20.6. The van der Waals surface area contributed by atoms with E-state index in [1.54, 1.807) is 18.2 Å². The molecule has 1 aromatic rings. The van der Waals surface area contributed by atoms with Crippen LogP contribution in [0.2, 0.25) is 10.0 Å². The summed E-state index contributed by atoms with van der Waals surface area (Å²) in [6.07, 6.45) is 4.05. The standard InChI is InChI=1S/C16H21Cl2N3O/c17-12-4-5-14(18)15(10-12)19-16(22)11-20-6-8-21(9-7-20)13-2-1-3-13/h4-5,10,13H,1-3,6-9,11H2,(H,19,22). The third-order valence-electron chi connectivity index (χ3n) is 4.57. The van der Waals surface area contributed by atoms with E-state index >= 15 is 0 Å². The highest BCUT2D eigenvalue weighted by molar-refractivity contribution is 6.35. The van der Waals surface area contributed by atoms with Crippen molar-refractivity contribution in [3.05, 3.63) is 28.2 Å². The second-order valence-electron chi connectivity index (χ2n) is 6.07. The number of nitrogens with one attached hydrogen (secondary N) is 1. The smallest absolute Gasteiger partial charge is 0.238 e. The molecule has 1 aliphatic heterocycles. The molecule has 0 radical (unpaired) electrons. The van der Waals surface area contributed by atoms with E-state index in [0.717, 1.165) is 32.2 Å². The number of carbonyl (C=O) groups excluding carboxylic acids is 1. The summed E-state index contributed by atoms with van der Waals surface area (Å²) in [7, 11) is 0. The fraction of sp³-hybridized carbons (Fsp3) is 0.562. The number of hydrogen-bond donors (Lipinski definition) is 1. The van der Waals surface area contributed by atoms with Gasteiger partial charge in [0.25, 0.3) is 0 Å². The van der Waals surface area contributed by atoms with Gasteiger partial charge >= 0.3 is 0 Å². The van der Waals surface area contributed by atoms with Gasteiger partial charge in [-0.15, -0.1) is 0 Å². The molecule has 6 heteroatoms. The Morgan fingerprint density at radius 3 is 2.55 bits per heavy atom. The maximum Gasteiger partial charge on any atom is 0.238 e. The van der Waals surface area contributed by atoms with Crippen molar-refractivity contribution < 1.29 is 4.79 Å². The summed E-state index contributed by atoms with van der Waals surface area (Å²) in [5.41, 5.74) is 0.576. The molecule has 4 nitrogen and oxygen atoms in total. The van der Waals surface area contributed by atoms with Crippen molar-refractivity contribution in [2.45, 2.75) is 25.3 Å². The van der Waals surface area contributed by atoms with Crippen LogP contribution in [0.3, 0.4) is 0 Å². The second-order valence-corrected chi connectivity index (χ2v) is 6.91. The van der Waals surface area contributed by atoms with Crippen LogP contribution in [0.1, 0.15) is 19.3 Å². The van der Waals surface area contributed by atoms with E-state index in [1.165, 1.54) is 19.3 Å². The molecule has 1 N–H and O–H groups in total. The van der Waals surface area contributed by atoms with E-state index in [-0.39, 0.29) is 5.91 Å². The van der Waals surface area contributed by atoms with Gasteiger partial charge in [0.05, 0.1) is 17.3 Å². The molecule has 1 aromatic carbocycles. The van der Waals surface area contributed by atoms with Crippen molar-refractivity contribution in [1.82, 2.24) is 9.80 Å². The molecule has 2 fully saturated rings. The number of amides is 1. The molecule has 1 amide bonds. The maximum atomic E-state index is 12.2. The van der Waals surface area contributed by atoms with Gasteiger partial charge < -0.3 is 5.32 Å². The number of rotatable bonds is 4. The minimum Gasteiger partial charge on any atom is -0.324 e. The van der Waals surface area contributed by atoms with Gasteiger partial charge in [-0.05, 0) is 31.0 Å². The minimum atomic E-state index is -0.0405. The van der Waals surface area contributed by atoms with Crippen molar-refractivity contribution in [1.29, 1.82) is 0 Å². The molecule has 0 atom stereocenters. The summed E-state index contributed by atoms with van der Waals surface area (Å²) in [5, 5.41) is 3.91. The summed E-state index contributed by atoms with van der Waals surface area (Å²) in [6, 6.07) is 5.87. The second kappa shape index (κ2) is 7.18. The van der Waals surface area contributed by atoms with Crippen LogP contribution in [0.15, 0.2) is 18.2 Å². The lowest BCUT2D eigenvalue weighted by atomic mass is 9.91. The van der Waals surface area contributed by atoms with Crippen molar-refractivity contribution in [3.63, 3.8) is 0 Å². The van der Waals surface area contributed by atoms with Crippen molar-refractivity contribution >= 4 is 34.8 Å². The SMILES string of the molecule is O=C(CN1CCN(C2CCC2)CC1)Nc1cc(Cl)ccc1Cl. The monoisotopic (exact) mass is 341 g/mol. The minimum absolute atomic E-state index is 0.0405. The average Bonchev–Trinajstić information content (AvgIpc) is 2.43. The lowest BCUT2D eigenvalue weighted by Crippen LogP contribution is -2.53. The first kappa shape index (κ1) is 16.1. The van der Waals surface area contributed by atoms with Gasteiger partial charge in [-0.25, -0.2) is 0 Å². The zero-order valence-electron chi connectivity index (χ0n) is 12.5. The highest BCUT2D eigenvalue weighted by Crippen LogP contribution is 2.26. The summed E-state index contributed by atoms with van der Waals surface area (Å²) < 4.78 is 0.